The van der Waals surface area contributed by atoms with Gasteiger partial charge in [0, 0.05) is 19.5 Å². The van der Waals surface area contributed by atoms with Crippen LogP contribution in [-0.2, 0) is 9.47 Å². The van der Waals surface area contributed by atoms with Gasteiger partial charge in [0.15, 0.2) is 6.61 Å². The number of ether oxygens (including phenoxy) is 2. The summed E-state index contributed by atoms with van der Waals surface area (Å²) in [6.07, 6.45) is -6.71. The summed E-state index contributed by atoms with van der Waals surface area (Å²) in [6, 6.07) is 0.288. The molecule has 1 aliphatic carbocycles. The van der Waals surface area contributed by atoms with Crippen molar-refractivity contribution in [1.29, 1.82) is 0 Å². The molecule has 2 N–H and O–H groups in total. The number of rotatable bonds is 7. The molecule has 0 aromatic heterocycles. The van der Waals surface area contributed by atoms with Crippen LogP contribution in [0.2, 0.25) is 0 Å². The smallest absolute Gasteiger partial charge is 0.407 e. The maximum atomic E-state index is 13.1. The first-order valence-corrected chi connectivity index (χ1v) is 8.19. The van der Waals surface area contributed by atoms with Crippen molar-refractivity contribution in [3.8, 4) is 0 Å². The van der Waals surface area contributed by atoms with E-state index in [1.54, 1.807) is 0 Å². The first kappa shape index (κ1) is 22.0. The van der Waals surface area contributed by atoms with Crippen LogP contribution in [0.3, 0.4) is 0 Å². The van der Waals surface area contributed by atoms with Gasteiger partial charge in [-0.15, -0.1) is 0 Å². The van der Waals surface area contributed by atoms with E-state index in [1.807, 2.05) is 14.0 Å². The molecule has 0 aromatic rings. The van der Waals surface area contributed by atoms with Crippen molar-refractivity contribution in [2.24, 2.45) is 10.8 Å². The molecule has 0 aliphatic heterocycles. The lowest BCUT2D eigenvalue weighted by Gasteiger charge is -2.46. The molecule has 0 saturated heterocycles. The van der Waals surface area contributed by atoms with Crippen LogP contribution in [-0.4, -0.2) is 44.6 Å². The summed E-state index contributed by atoms with van der Waals surface area (Å²) in [5, 5.41) is 5.68. The minimum atomic E-state index is -4.26. The topological polar surface area (TPSA) is 59.6 Å². The number of nitrogens with one attached hydrogen (secondary N) is 2. The predicted octanol–water partition coefficient (Wildman–Crippen LogP) is 3.74. The Morgan fingerprint density at radius 3 is 2.32 bits per heavy atom. The number of hydrogen-bond donors (Lipinski definition) is 2. The number of alkyl carbamates (subject to hydrolysis) is 1. The highest BCUT2D eigenvalue weighted by Gasteiger charge is 2.43. The number of halogens is 4. The van der Waals surface area contributed by atoms with Crippen LogP contribution in [0, 0.1) is 10.8 Å². The van der Waals surface area contributed by atoms with Gasteiger partial charge in [-0.1, -0.05) is 20.8 Å². The number of amides is 1. The van der Waals surface area contributed by atoms with Crippen LogP contribution in [0.4, 0.5) is 22.4 Å². The Kier molecular flexibility index (Phi) is 6.72. The van der Waals surface area contributed by atoms with E-state index in [9.17, 15) is 22.4 Å². The third kappa shape index (κ3) is 8.22. The van der Waals surface area contributed by atoms with Gasteiger partial charge in [-0.05, 0) is 37.1 Å². The summed E-state index contributed by atoms with van der Waals surface area (Å²) in [4.78, 5) is 11.6. The SMILES string of the molecule is CNC1CC(C)(C)CC(C)(CNC(=O)OCC(F)(F)OC(C)(F)F)C1. The minimum Gasteiger partial charge on any atom is -0.440 e. The van der Waals surface area contributed by atoms with Crippen molar-refractivity contribution >= 4 is 6.09 Å². The minimum absolute atomic E-state index is 0.0693. The van der Waals surface area contributed by atoms with Gasteiger partial charge < -0.3 is 15.4 Å². The van der Waals surface area contributed by atoms with Crippen molar-refractivity contribution < 1.29 is 31.8 Å². The fourth-order valence-corrected chi connectivity index (χ4v) is 3.75. The third-order valence-electron chi connectivity index (χ3n) is 4.21. The molecule has 148 valence electrons. The first-order valence-electron chi connectivity index (χ1n) is 8.19. The van der Waals surface area contributed by atoms with E-state index >= 15 is 0 Å². The standard InChI is InChI=1S/C16H28F4N2O3/c1-13(2)6-11(21-5)7-14(3,8-13)9-22-12(23)24-10-16(19,20)25-15(4,17)18/h11,21H,6-10H2,1-5H3,(H,22,23). The molecular weight excluding hydrogens is 344 g/mol. The zero-order valence-electron chi connectivity index (χ0n) is 15.3. The summed E-state index contributed by atoms with van der Waals surface area (Å²) in [5.74, 6) is 0. The Morgan fingerprint density at radius 2 is 1.80 bits per heavy atom. The Morgan fingerprint density at radius 1 is 1.20 bits per heavy atom. The maximum absolute atomic E-state index is 13.1. The third-order valence-corrected chi connectivity index (χ3v) is 4.21. The molecule has 1 amide bonds. The van der Waals surface area contributed by atoms with Crippen molar-refractivity contribution in [2.75, 3.05) is 20.2 Å². The highest BCUT2D eigenvalue weighted by molar-refractivity contribution is 5.67. The number of carbonyl (C=O) groups excluding carboxylic acids is 1. The summed E-state index contributed by atoms with van der Waals surface area (Å²) >= 11 is 0. The Balaban J connectivity index is 2.50. The molecule has 2 atom stereocenters. The van der Waals surface area contributed by atoms with Crippen molar-refractivity contribution in [3.05, 3.63) is 0 Å². The molecule has 0 radical (unpaired) electrons. The second kappa shape index (κ2) is 7.65. The normalized spacial score (nSPS) is 27.0. The molecule has 0 aromatic carbocycles. The number of hydrogen-bond acceptors (Lipinski definition) is 4. The van der Waals surface area contributed by atoms with Crippen molar-refractivity contribution in [2.45, 2.75) is 65.2 Å². The van der Waals surface area contributed by atoms with E-state index in [0.717, 1.165) is 19.3 Å². The maximum Gasteiger partial charge on any atom is 0.407 e. The summed E-state index contributed by atoms with van der Waals surface area (Å²) in [7, 11) is 1.87. The zero-order chi connectivity index (χ0) is 19.5. The average molecular weight is 372 g/mol. The van der Waals surface area contributed by atoms with E-state index < -0.39 is 24.9 Å². The van der Waals surface area contributed by atoms with Crippen LogP contribution in [0.5, 0.6) is 0 Å². The summed E-state index contributed by atoms with van der Waals surface area (Å²) in [5.41, 5.74) is -0.163. The fraction of sp³-hybridized carbons (Fsp3) is 0.938. The average Bonchev–Trinajstić information content (AvgIpc) is 2.38. The summed E-state index contributed by atoms with van der Waals surface area (Å²) < 4.78 is 58.8. The lowest BCUT2D eigenvalue weighted by molar-refractivity contribution is -0.374. The van der Waals surface area contributed by atoms with Gasteiger partial charge in [-0.3, -0.25) is 4.74 Å². The van der Waals surface area contributed by atoms with Gasteiger partial charge in [0.1, 0.15) is 0 Å². The molecule has 1 fully saturated rings. The van der Waals surface area contributed by atoms with E-state index in [1.165, 1.54) is 0 Å². The highest BCUT2D eigenvalue weighted by Crippen LogP contribution is 2.45. The second-order valence-electron chi connectivity index (χ2n) is 8.02. The van der Waals surface area contributed by atoms with E-state index in [4.69, 9.17) is 0 Å². The van der Waals surface area contributed by atoms with E-state index in [-0.39, 0.29) is 30.3 Å². The summed E-state index contributed by atoms with van der Waals surface area (Å²) in [6.45, 7) is 5.12. The quantitative estimate of drug-likeness (QED) is 0.669. The van der Waals surface area contributed by atoms with Gasteiger partial charge in [0.2, 0.25) is 0 Å². The molecule has 0 bridgehead atoms. The number of alkyl halides is 4. The van der Waals surface area contributed by atoms with E-state index in [2.05, 4.69) is 34.0 Å². The molecule has 0 spiro atoms. The lowest BCUT2D eigenvalue weighted by atomic mass is 9.62. The van der Waals surface area contributed by atoms with Gasteiger partial charge in [-0.25, -0.2) is 4.79 Å². The molecular formula is C16H28F4N2O3. The van der Waals surface area contributed by atoms with Crippen LogP contribution < -0.4 is 10.6 Å². The van der Waals surface area contributed by atoms with Gasteiger partial charge in [0.25, 0.3) is 0 Å². The van der Waals surface area contributed by atoms with Gasteiger partial charge >= 0.3 is 18.3 Å². The van der Waals surface area contributed by atoms with Crippen molar-refractivity contribution in [3.63, 3.8) is 0 Å². The molecule has 1 saturated carbocycles. The molecule has 25 heavy (non-hydrogen) atoms. The monoisotopic (exact) mass is 372 g/mol. The van der Waals surface area contributed by atoms with Crippen LogP contribution in [0.1, 0.15) is 47.0 Å². The molecule has 9 heteroatoms. The molecule has 1 rings (SSSR count). The first-order chi connectivity index (χ1) is 11.2. The van der Waals surface area contributed by atoms with Crippen LogP contribution >= 0.6 is 0 Å². The van der Waals surface area contributed by atoms with E-state index in [0.29, 0.717) is 0 Å². The Bertz CT molecular complexity index is 469. The molecule has 0 heterocycles. The zero-order valence-corrected chi connectivity index (χ0v) is 15.3. The van der Waals surface area contributed by atoms with Gasteiger partial charge in [0.05, 0.1) is 0 Å². The van der Waals surface area contributed by atoms with Crippen molar-refractivity contribution in [1.82, 2.24) is 10.6 Å². The lowest BCUT2D eigenvalue weighted by Crippen LogP contribution is -2.48. The predicted molar refractivity (Wildman–Crippen MR) is 84.6 cm³/mol. The highest BCUT2D eigenvalue weighted by atomic mass is 19.3. The van der Waals surface area contributed by atoms with Gasteiger partial charge in [-0.2, -0.15) is 17.6 Å². The van der Waals surface area contributed by atoms with Crippen LogP contribution in [0.25, 0.3) is 0 Å². The second-order valence-corrected chi connectivity index (χ2v) is 8.02. The Hall–Kier alpha value is -1.09. The fourth-order valence-electron chi connectivity index (χ4n) is 3.75. The Labute approximate surface area is 145 Å². The molecule has 1 aliphatic rings. The number of carbonyl (C=O) groups is 1. The van der Waals surface area contributed by atoms with Crippen LogP contribution in [0.15, 0.2) is 0 Å². The molecule has 5 nitrogen and oxygen atoms in total. The largest absolute Gasteiger partial charge is 0.440 e. The molecule has 2 unspecified atom stereocenters.